The Balaban J connectivity index is 1.12. The fourth-order valence-electron chi connectivity index (χ4n) is 7.18. The molecule has 1 aromatic heterocycles. The van der Waals surface area contributed by atoms with Crippen LogP contribution in [0.1, 0.15) is 16.7 Å². The lowest BCUT2D eigenvalue weighted by Gasteiger charge is -2.10. The highest BCUT2D eigenvalue weighted by molar-refractivity contribution is 6.22. The molecular formula is C50H35N3O. The Morgan fingerprint density at radius 1 is 0.481 bits per heavy atom. The molecule has 54 heavy (non-hydrogen) atoms. The van der Waals surface area contributed by atoms with Gasteiger partial charge >= 0.3 is 0 Å². The molecule has 0 amide bonds. The van der Waals surface area contributed by atoms with Crippen LogP contribution in [0.3, 0.4) is 0 Å². The molecular weight excluding hydrogens is 659 g/mol. The van der Waals surface area contributed by atoms with Crippen LogP contribution in [0.15, 0.2) is 207 Å². The minimum absolute atomic E-state index is 0.473. The lowest BCUT2D eigenvalue weighted by atomic mass is 9.97. The summed E-state index contributed by atoms with van der Waals surface area (Å²) in [5, 5.41) is 4.36. The summed E-state index contributed by atoms with van der Waals surface area (Å²) in [4.78, 5) is 14.7. The molecule has 0 aliphatic rings. The van der Waals surface area contributed by atoms with E-state index in [2.05, 4.69) is 151 Å². The molecule has 0 spiro atoms. The maximum atomic E-state index is 6.39. The van der Waals surface area contributed by atoms with Gasteiger partial charge < -0.3 is 4.42 Å². The van der Waals surface area contributed by atoms with Crippen LogP contribution in [0.4, 0.5) is 0 Å². The Morgan fingerprint density at radius 3 is 1.89 bits per heavy atom. The summed E-state index contributed by atoms with van der Waals surface area (Å²) in [6, 6.07) is 65.0. The summed E-state index contributed by atoms with van der Waals surface area (Å²) >= 11 is 0. The first kappa shape index (κ1) is 32.7. The fraction of sp³-hybridized carbons (Fsp3) is 0.0200. The molecule has 4 heteroatoms. The normalized spacial score (nSPS) is 12.1. The molecule has 0 saturated carbocycles. The van der Waals surface area contributed by atoms with E-state index in [0.717, 1.165) is 55.3 Å². The molecule has 0 atom stereocenters. The number of amidine groups is 2. The number of nitrogens with zero attached hydrogens (tertiary/aromatic N) is 3. The molecule has 0 N–H and O–H groups in total. The zero-order valence-electron chi connectivity index (χ0n) is 29.6. The number of fused-ring (bicyclic) bond motifs is 4. The second kappa shape index (κ2) is 14.5. The van der Waals surface area contributed by atoms with E-state index in [1.807, 2.05) is 48.5 Å². The summed E-state index contributed by atoms with van der Waals surface area (Å²) < 4.78 is 6.39. The van der Waals surface area contributed by atoms with Gasteiger partial charge in [-0.2, -0.15) is 0 Å². The van der Waals surface area contributed by atoms with Gasteiger partial charge in [0.05, 0.1) is 6.54 Å². The van der Waals surface area contributed by atoms with Crippen LogP contribution in [-0.2, 0) is 6.54 Å². The van der Waals surface area contributed by atoms with Gasteiger partial charge in [0.25, 0.3) is 0 Å². The number of hydrogen-bond acceptors (Lipinski definition) is 2. The largest absolute Gasteiger partial charge is 0.456 e. The Morgan fingerprint density at radius 2 is 1.11 bits per heavy atom. The summed E-state index contributed by atoms with van der Waals surface area (Å²) in [6.45, 7) is 4.46. The summed E-state index contributed by atoms with van der Waals surface area (Å²) in [7, 11) is 0. The van der Waals surface area contributed by atoms with Gasteiger partial charge in [0.2, 0.25) is 0 Å². The van der Waals surface area contributed by atoms with E-state index in [4.69, 9.17) is 14.4 Å². The quantitative estimate of drug-likeness (QED) is 0.121. The Hall–Kier alpha value is -7.17. The van der Waals surface area contributed by atoms with Gasteiger partial charge in [-0.15, -0.1) is 0 Å². The lowest BCUT2D eigenvalue weighted by Crippen LogP contribution is -2.06. The lowest BCUT2D eigenvalue weighted by molar-refractivity contribution is 0.669. The van der Waals surface area contributed by atoms with Crippen molar-refractivity contribution in [1.29, 1.82) is 0 Å². The molecule has 0 aliphatic heterocycles. The van der Waals surface area contributed by atoms with E-state index < -0.39 is 0 Å². The van der Waals surface area contributed by atoms with E-state index in [9.17, 15) is 0 Å². The van der Waals surface area contributed by atoms with Gasteiger partial charge in [-0.05, 0) is 74.6 Å². The van der Waals surface area contributed by atoms with Crippen molar-refractivity contribution in [2.45, 2.75) is 6.54 Å². The molecule has 0 fully saturated rings. The number of furan rings is 1. The smallest absolute Gasteiger partial charge is 0.161 e. The number of benzene rings is 8. The van der Waals surface area contributed by atoms with Crippen molar-refractivity contribution < 1.29 is 4.42 Å². The first-order chi connectivity index (χ1) is 26.7. The van der Waals surface area contributed by atoms with Gasteiger partial charge in [-0.25, -0.2) is 9.98 Å². The third kappa shape index (κ3) is 6.42. The van der Waals surface area contributed by atoms with E-state index >= 15 is 0 Å². The summed E-state index contributed by atoms with van der Waals surface area (Å²) in [5.41, 5.74) is 11.3. The Kier molecular flexibility index (Phi) is 8.76. The number of hydrogen-bond donors (Lipinski definition) is 0. The zero-order valence-corrected chi connectivity index (χ0v) is 29.6. The minimum atomic E-state index is 0.473. The van der Waals surface area contributed by atoms with Crippen LogP contribution in [0.25, 0.3) is 66.1 Å². The average molecular weight is 694 g/mol. The fourth-order valence-corrected chi connectivity index (χ4v) is 7.18. The van der Waals surface area contributed by atoms with Gasteiger partial charge in [-0.1, -0.05) is 170 Å². The molecule has 0 saturated heterocycles. The SMILES string of the molecule is C=N/C(=N\C(=N/Cc1ccccc1)c1ccc(-c2cccc3ccccc23)cc1)c1cccc2oc3ccc(-c4ccc(-c5ccccc5)cc4)cc3c12. The predicted molar refractivity (Wildman–Crippen MR) is 227 cm³/mol. The van der Waals surface area contributed by atoms with Crippen molar-refractivity contribution in [3.63, 3.8) is 0 Å². The van der Waals surface area contributed by atoms with Crippen LogP contribution < -0.4 is 0 Å². The zero-order chi connectivity index (χ0) is 36.3. The highest BCUT2D eigenvalue weighted by Crippen LogP contribution is 2.36. The van der Waals surface area contributed by atoms with Crippen LogP contribution in [-0.4, -0.2) is 18.4 Å². The topological polar surface area (TPSA) is 50.2 Å². The monoisotopic (exact) mass is 693 g/mol. The van der Waals surface area contributed by atoms with E-state index in [-0.39, 0.29) is 0 Å². The molecule has 8 aromatic carbocycles. The van der Waals surface area contributed by atoms with E-state index in [0.29, 0.717) is 18.2 Å². The van der Waals surface area contributed by atoms with Crippen molar-refractivity contribution in [2.75, 3.05) is 0 Å². The second-order valence-electron chi connectivity index (χ2n) is 13.3. The second-order valence-corrected chi connectivity index (χ2v) is 13.3. The van der Waals surface area contributed by atoms with Crippen molar-refractivity contribution in [1.82, 2.24) is 0 Å². The van der Waals surface area contributed by atoms with E-state index in [1.54, 1.807) is 0 Å². The molecule has 256 valence electrons. The van der Waals surface area contributed by atoms with Gasteiger partial charge in [0.15, 0.2) is 11.7 Å². The van der Waals surface area contributed by atoms with Crippen molar-refractivity contribution in [2.24, 2.45) is 15.0 Å². The minimum Gasteiger partial charge on any atom is -0.456 e. The molecule has 0 aliphatic carbocycles. The van der Waals surface area contributed by atoms with Gasteiger partial charge in [0.1, 0.15) is 11.2 Å². The highest BCUT2D eigenvalue weighted by Gasteiger charge is 2.17. The maximum absolute atomic E-state index is 6.39. The van der Waals surface area contributed by atoms with Crippen LogP contribution in [0.2, 0.25) is 0 Å². The first-order valence-corrected chi connectivity index (χ1v) is 18.1. The molecule has 9 rings (SSSR count). The first-order valence-electron chi connectivity index (χ1n) is 18.1. The van der Waals surface area contributed by atoms with Crippen molar-refractivity contribution in [3.05, 3.63) is 205 Å². The third-order valence-electron chi connectivity index (χ3n) is 9.92. The summed E-state index contributed by atoms with van der Waals surface area (Å²) in [5.74, 6) is 1.06. The predicted octanol–water partition coefficient (Wildman–Crippen LogP) is 12.8. The third-order valence-corrected chi connectivity index (χ3v) is 9.92. The standard InChI is InChI=1S/C50H35N3O/c1-51-50(44-20-11-21-47-48(44)45-32-41(30-31-46(45)54-47)37-24-22-36(23-25-37)35-14-6-3-7-15-35)53-49(52-33-34-12-4-2-5-13-34)40-28-26-39(27-29-40)43-19-10-17-38-16-8-9-18-42(38)43/h2-32H,1,33H2/b52-49-,53-50-. The molecule has 1 heterocycles. The number of aliphatic imine (C=N–C) groups is 3. The molecule has 0 bridgehead atoms. The summed E-state index contributed by atoms with van der Waals surface area (Å²) in [6.07, 6.45) is 0. The number of rotatable bonds is 7. The van der Waals surface area contributed by atoms with Crippen molar-refractivity contribution >= 4 is 51.1 Å². The Bertz CT molecular complexity index is 2830. The molecule has 4 nitrogen and oxygen atoms in total. The molecule has 0 radical (unpaired) electrons. The van der Waals surface area contributed by atoms with E-state index in [1.165, 1.54) is 27.5 Å². The Labute approximate surface area is 314 Å². The van der Waals surface area contributed by atoms with Crippen LogP contribution in [0.5, 0.6) is 0 Å². The van der Waals surface area contributed by atoms with Crippen molar-refractivity contribution in [3.8, 4) is 33.4 Å². The molecule has 9 aromatic rings. The molecule has 0 unspecified atom stereocenters. The highest BCUT2D eigenvalue weighted by atomic mass is 16.3. The van der Waals surface area contributed by atoms with Gasteiger partial charge in [-0.3, -0.25) is 4.99 Å². The van der Waals surface area contributed by atoms with Crippen LogP contribution in [0, 0.1) is 0 Å². The van der Waals surface area contributed by atoms with Gasteiger partial charge in [0, 0.05) is 21.9 Å². The average Bonchev–Trinajstić information content (AvgIpc) is 3.63. The maximum Gasteiger partial charge on any atom is 0.161 e. The van der Waals surface area contributed by atoms with Crippen LogP contribution >= 0.6 is 0 Å².